The second-order valence-corrected chi connectivity index (χ2v) is 3.22. The summed E-state index contributed by atoms with van der Waals surface area (Å²) < 4.78 is 37.6. The molecule has 15 heavy (non-hydrogen) atoms. The summed E-state index contributed by atoms with van der Waals surface area (Å²) in [6.45, 7) is 3.57. The van der Waals surface area contributed by atoms with Gasteiger partial charge >= 0.3 is 6.18 Å². The van der Waals surface area contributed by atoms with Crippen molar-refractivity contribution < 1.29 is 13.2 Å². The molecule has 0 heterocycles. The van der Waals surface area contributed by atoms with Crippen molar-refractivity contribution in [3.63, 3.8) is 0 Å². The summed E-state index contributed by atoms with van der Waals surface area (Å²) in [6.07, 6.45) is -3.69. The highest BCUT2D eigenvalue weighted by atomic mass is 19.4. The summed E-state index contributed by atoms with van der Waals surface area (Å²) in [5, 5.41) is 0. The van der Waals surface area contributed by atoms with Gasteiger partial charge in [0.2, 0.25) is 0 Å². The Morgan fingerprint density at radius 3 is 2.40 bits per heavy atom. The Morgan fingerprint density at radius 1 is 1.27 bits per heavy atom. The van der Waals surface area contributed by atoms with Crippen LogP contribution in [-0.2, 0) is 6.18 Å². The van der Waals surface area contributed by atoms with E-state index in [-0.39, 0.29) is 5.69 Å². The van der Waals surface area contributed by atoms with E-state index in [2.05, 4.69) is 4.99 Å². The fourth-order valence-corrected chi connectivity index (χ4v) is 1.10. The average molecular weight is 215 g/mol. The third-order valence-electron chi connectivity index (χ3n) is 2.03. The summed E-state index contributed by atoms with van der Waals surface area (Å²) >= 11 is 0. The van der Waals surface area contributed by atoms with Crippen LogP contribution < -0.4 is 0 Å². The van der Waals surface area contributed by atoms with Crippen LogP contribution in [-0.4, -0.2) is 5.71 Å². The number of aliphatic imine (C=N–C) groups is 1. The molecule has 0 amide bonds. The Kier molecular flexibility index (Phi) is 3.50. The number of para-hydroxylation sites is 1. The molecule has 0 aliphatic carbocycles. The quantitative estimate of drug-likeness (QED) is 0.655. The Hall–Kier alpha value is -1.32. The molecule has 0 fully saturated rings. The van der Waals surface area contributed by atoms with Gasteiger partial charge in [0.1, 0.15) is 0 Å². The predicted octanol–water partition coefficient (Wildman–Crippen LogP) is 4.21. The summed E-state index contributed by atoms with van der Waals surface area (Å²) in [5.74, 6) is 0. The van der Waals surface area contributed by atoms with Crippen molar-refractivity contribution in [1.82, 2.24) is 0 Å². The summed E-state index contributed by atoms with van der Waals surface area (Å²) in [5.41, 5.74) is -0.00569. The van der Waals surface area contributed by atoms with E-state index in [4.69, 9.17) is 0 Å². The minimum Gasteiger partial charge on any atom is -0.258 e. The molecule has 0 aromatic heterocycles. The molecule has 0 saturated heterocycles. The van der Waals surface area contributed by atoms with Gasteiger partial charge in [0, 0.05) is 5.71 Å². The largest absolute Gasteiger partial charge is 0.418 e. The van der Waals surface area contributed by atoms with Crippen LogP contribution in [0.1, 0.15) is 25.8 Å². The van der Waals surface area contributed by atoms with Gasteiger partial charge < -0.3 is 0 Å². The normalized spacial score (nSPS) is 13.0. The third kappa shape index (κ3) is 3.08. The van der Waals surface area contributed by atoms with Crippen LogP contribution in [0, 0.1) is 0 Å². The van der Waals surface area contributed by atoms with E-state index >= 15 is 0 Å². The smallest absolute Gasteiger partial charge is 0.258 e. The van der Waals surface area contributed by atoms with E-state index < -0.39 is 11.7 Å². The van der Waals surface area contributed by atoms with Gasteiger partial charge in [-0.05, 0) is 25.5 Å². The van der Waals surface area contributed by atoms with Gasteiger partial charge in [0.25, 0.3) is 0 Å². The van der Waals surface area contributed by atoms with Crippen LogP contribution in [0.5, 0.6) is 0 Å². The van der Waals surface area contributed by atoms with Crippen LogP contribution in [0.15, 0.2) is 29.3 Å². The van der Waals surface area contributed by atoms with Crippen molar-refractivity contribution in [3.05, 3.63) is 29.8 Å². The van der Waals surface area contributed by atoms with E-state index in [0.717, 1.165) is 6.07 Å². The van der Waals surface area contributed by atoms with Gasteiger partial charge in [-0.1, -0.05) is 19.1 Å². The van der Waals surface area contributed by atoms with Gasteiger partial charge in [0.05, 0.1) is 11.3 Å². The molecule has 0 N–H and O–H groups in total. The zero-order chi connectivity index (χ0) is 11.5. The topological polar surface area (TPSA) is 12.4 Å². The standard InChI is InChI=1S/C11H12F3N/c1-3-8(2)15-10-7-5-4-6-9(10)11(12,13)14/h4-7H,3H2,1-2H3. The van der Waals surface area contributed by atoms with Crippen molar-refractivity contribution in [3.8, 4) is 0 Å². The van der Waals surface area contributed by atoms with Gasteiger partial charge in [-0.2, -0.15) is 13.2 Å². The zero-order valence-corrected chi connectivity index (χ0v) is 8.60. The highest BCUT2D eigenvalue weighted by Gasteiger charge is 2.33. The first-order chi connectivity index (χ1) is 6.95. The van der Waals surface area contributed by atoms with E-state index in [1.165, 1.54) is 12.1 Å². The molecular formula is C11H12F3N. The van der Waals surface area contributed by atoms with Crippen LogP contribution >= 0.6 is 0 Å². The van der Waals surface area contributed by atoms with Crippen molar-refractivity contribution >= 4 is 11.4 Å². The molecule has 1 nitrogen and oxygen atoms in total. The van der Waals surface area contributed by atoms with Gasteiger partial charge in [-0.15, -0.1) is 0 Å². The first kappa shape index (κ1) is 11.8. The van der Waals surface area contributed by atoms with Crippen molar-refractivity contribution in [2.75, 3.05) is 0 Å². The first-order valence-corrected chi connectivity index (χ1v) is 4.65. The minimum absolute atomic E-state index is 0.00986. The first-order valence-electron chi connectivity index (χ1n) is 4.65. The molecule has 82 valence electrons. The number of benzene rings is 1. The lowest BCUT2D eigenvalue weighted by Crippen LogP contribution is -2.05. The maximum atomic E-state index is 12.5. The van der Waals surface area contributed by atoms with Crippen LogP contribution in [0.3, 0.4) is 0 Å². The molecule has 1 rings (SSSR count). The van der Waals surface area contributed by atoms with Gasteiger partial charge in [0.15, 0.2) is 0 Å². The van der Waals surface area contributed by atoms with Crippen molar-refractivity contribution in [2.45, 2.75) is 26.4 Å². The molecule has 1 aromatic rings. The lowest BCUT2D eigenvalue weighted by atomic mass is 10.1. The molecule has 0 radical (unpaired) electrons. The Bertz CT molecular complexity index is 366. The number of hydrogen-bond acceptors (Lipinski definition) is 1. The predicted molar refractivity (Wildman–Crippen MR) is 54.5 cm³/mol. The highest BCUT2D eigenvalue weighted by molar-refractivity contribution is 5.84. The maximum absolute atomic E-state index is 12.5. The fraction of sp³-hybridized carbons (Fsp3) is 0.364. The van der Waals surface area contributed by atoms with Gasteiger partial charge in [-0.25, -0.2) is 0 Å². The molecule has 0 saturated carbocycles. The number of nitrogens with zero attached hydrogens (tertiary/aromatic N) is 1. The lowest BCUT2D eigenvalue weighted by molar-refractivity contribution is -0.137. The van der Waals surface area contributed by atoms with Gasteiger partial charge in [-0.3, -0.25) is 4.99 Å². The Morgan fingerprint density at radius 2 is 1.87 bits per heavy atom. The second kappa shape index (κ2) is 4.47. The van der Waals surface area contributed by atoms with Crippen LogP contribution in [0.4, 0.5) is 18.9 Å². The number of alkyl halides is 3. The van der Waals surface area contributed by atoms with E-state index in [0.29, 0.717) is 12.1 Å². The molecule has 0 aliphatic rings. The van der Waals surface area contributed by atoms with Crippen molar-refractivity contribution in [2.24, 2.45) is 4.99 Å². The Labute approximate surface area is 86.6 Å². The highest BCUT2D eigenvalue weighted by Crippen LogP contribution is 2.36. The number of rotatable bonds is 2. The molecule has 4 heteroatoms. The molecule has 0 spiro atoms. The van der Waals surface area contributed by atoms with Crippen LogP contribution in [0.2, 0.25) is 0 Å². The number of hydrogen-bond donors (Lipinski definition) is 0. The molecule has 1 aromatic carbocycles. The summed E-state index contributed by atoms with van der Waals surface area (Å²) in [4.78, 5) is 3.94. The van der Waals surface area contributed by atoms with E-state index in [1.54, 1.807) is 13.0 Å². The second-order valence-electron chi connectivity index (χ2n) is 3.22. The minimum atomic E-state index is -4.34. The summed E-state index contributed by atoms with van der Waals surface area (Å²) in [6, 6.07) is 5.34. The van der Waals surface area contributed by atoms with E-state index in [9.17, 15) is 13.2 Å². The maximum Gasteiger partial charge on any atom is 0.418 e. The molecule has 0 bridgehead atoms. The monoisotopic (exact) mass is 215 g/mol. The molecular weight excluding hydrogens is 203 g/mol. The third-order valence-corrected chi connectivity index (χ3v) is 2.03. The van der Waals surface area contributed by atoms with E-state index in [1.807, 2.05) is 6.92 Å². The molecule has 0 atom stereocenters. The zero-order valence-electron chi connectivity index (χ0n) is 8.60. The van der Waals surface area contributed by atoms with Crippen LogP contribution in [0.25, 0.3) is 0 Å². The van der Waals surface area contributed by atoms with Crippen molar-refractivity contribution in [1.29, 1.82) is 0 Å². The summed E-state index contributed by atoms with van der Waals surface area (Å²) in [7, 11) is 0. The fourth-order valence-electron chi connectivity index (χ4n) is 1.10. The SMILES string of the molecule is CCC(C)=Nc1ccccc1C(F)(F)F. The molecule has 0 unspecified atom stereocenters. The average Bonchev–Trinajstić information content (AvgIpc) is 2.17. The molecule has 0 aliphatic heterocycles. The Balaban J connectivity index is 3.19. The number of halogens is 3. The lowest BCUT2D eigenvalue weighted by Gasteiger charge is -2.09.